The highest BCUT2D eigenvalue weighted by Crippen LogP contribution is 2.17. The first kappa shape index (κ1) is 21.9. The molecule has 1 heterocycles. The topological polar surface area (TPSA) is 93.1 Å². The number of morpholine rings is 1. The lowest BCUT2D eigenvalue weighted by molar-refractivity contribution is -0.166. The Balaban J connectivity index is 1.81. The number of Topliss-reactive ketones (excluding diaryl/α,β-unsaturated/α-hetero) is 1. The van der Waals surface area contributed by atoms with Crippen LogP contribution in [0.4, 0.5) is 0 Å². The summed E-state index contributed by atoms with van der Waals surface area (Å²) in [6, 6.07) is 6.95. The van der Waals surface area contributed by atoms with Crippen LogP contribution >= 0.6 is 0 Å². The van der Waals surface area contributed by atoms with Gasteiger partial charge >= 0.3 is 5.97 Å². The molecule has 154 valence electrons. The molecule has 7 nitrogen and oxygen atoms in total. The number of nitrogens with zero attached hydrogens (tertiary/aromatic N) is 1. The highest BCUT2D eigenvalue weighted by molar-refractivity contribution is 5.98. The van der Waals surface area contributed by atoms with E-state index in [1.165, 1.54) is 4.90 Å². The van der Waals surface area contributed by atoms with E-state index in [9.17, 15) is 14.4 Å². The van der Waals surface area contributed by atoms with E-state index < -0.39 is 12.1 Å². The maximum atomic E-state index is 12.4. The number of carboxylic acids is 1. The summed E-state index contributed by atoms with van der Waals surface area (Å²) >= 11 is 0. The molecule has 0 radical (unpaired) electrons. The second kappa shape index (κ2) is 10.8. The third-order valence-corrected chi connectivity index (χ3v) is 4.65. The molecule has 0 bridgehead atoms. The number of aliphatic carboxylic acids is 1. The van der Waals surface area contributed by atoms with Crippen molar-refractivity contribution in [2.75, 3.05) is 19.7 Å². The van der Waals surface area contributed by atoms with E-state index in [2.05, 4.69) is 6.92 Å². The molecule has 1 aliphatic rings. The van der Waals surface area contributed by atoms with Gasteiger partial charge in [-0.1, -0.05) is 19.8 Å². The second-order valence-electron chi connectivity index (χ2n) is 7.08. The van der Waals surface area contributed by atoms with Crippen LogP contribution in [-0.4, -0.2) is 59.6 Å². The Bertz CT molecular complexity index is 672. The predicted molar refractivity (Wildman–Crippen MR) is 104 cm³/mol. The maximum Gasteiger partial charge on any atom is 0.334 e. The van der Waals surface area contributed by atoms with E-state index in [0.29, 0.717) is 18.7 Å². The summed E-state index contributed by atoms with van der Waals surface area (Å²) in [4.78, 5) is 37.3. The summed E-state index contributed by atoms with van der Waals surface area (Å²) < 4.78 is 10.9. The zero-order valence-corrected chi connectivity index (χ0v) is 16.6. The molecule has 2 atom stereocenters. The summed E-state index contributed by atoms with van der Waals surface area (Å²) in [5.74, 6) is -0.712. The van der Waals surface area contributed by atoms with Gasteiger partial charge in [0.1, 0.15) is 5.75 Å². The van der Waals surface area contributed by atoms with Gasteiger partial charge in [-0.2, -0.15) is 0 Å². The van der Waals surface area contributed by atoms with Crippen LogP contribution in [-0.2, 0) is 14.3 Å². The zero-order valence-electron chi connectivity index (χ0n) is 16.6. The van der Waals surface area contributed by atoms with Gasteiger partial charge in [-0.15, -0.1) is 0 Å². The van der Waals surface area contributed by atoms with Gasteiger partial charge in [0.2, 0.25) is 5.91 Å². The molecular formula is C21H29NO6. The van der Waals surface area contributed by atoms with Gasteiger partial charge in [-0.25, -0.2) is 4.79 Å². The molecule has 1 amide bonds. The Morgan fingerprint density at radius 2 is 1.86 bits per heavy atom. The van der Waals surface area contributed by atoms with Crippen LogP contribution < -0.4 is 4.74 Å². The van der Waals surface area contributed by atoms with Crippen molar-refractivity contribution < 1.29 is 29.0 Å². The molecular weight excluding hydrogens is 362 g/mol. The SMILES string of the molecule is CCCCCOc1ccc(C(=O)CCC(=O)N2CC(C(=O)O)O[C@H](C)C2)cc1. The van der Waals surface area contributed by atoms with Gasteiger partial charge in [0.05, 0.1) is 19.3 Å². The molecule has 1 fully saturated rings. The molecule has 1 N–H and O–H groups in total. The molecule has 28 heavy (non-hydrogen) atoms. The van der Waals surface area contributed by atoms with Gasteiger partial charge in [0.25, 0.3) is 0 Å². The monoisotopic (exact) mass is 391 g/mol. The predicted octanol–water partition coefficient (Wildman–Crippen LogP) is 2.92. The summed E-state index contributed by atoms with van der Waals surface area (Å²) in [7, 11) is 0. The number of carbonyl (C=O) groups is 3. The standard InChI is InChI=1S/C21H29NO6/c1-3-4-5-12-27-17-8-6-16(7-9-17)18(23)10-11-20(24)22-13-15(2)28-19(14-22)21(25)26/h6-9,15,19H,3-5,10-14H2,1-2H3,(H,25,26)/t15-,19?/m1/s1. The number of hydrogen-bond acceptors (Lipinski definition) is 5. The van der Waals surface area contributed by atoms with Crippen molar-refractivity contribution >= 4 is 17.7 Å². The minimum Gasteiger partial charge on any atom is -0.494 e. The number of carbonyl (C=O) groups excluding carboxylic acids is 2. The van der Waals surface area contributed by atoms with Gasteiger partial charge in [-0.3, -0.25) is 9.59 Å². The number of benzene rings is 1. The van der Waals surface area contributed by atoms with Gasteiger partial charge < -0.3 is 19.5 Å². The van der Waals surface area contributed by atoms with Crippen molar-refractivity contribution in [2.45, 2.75) is 58.2 Å². The van der Waals surface area contributed by atoms with Crippen LogP contribution in [0.15, 0.2) is 24.3 Å². The first-order valence-electron chi connectivity index (χ1n) is 9.82. The summed E-state index contributed by atoms with van der Waals surface area (Å²) in [6.07, 6.45) is 2.02. The van der Waals surface area contributed by atoms with Crippen molar-refractivity contribution in [2.24, 2.45) is 0 Å². The third-order valence-electron chi connectivity index (χ3n) is 4.65. The van der Waals surface area contributed by atoms with Crippen molar-refractivity contribution in [1.82, 2.24) is 4.90 Å². The van der Waals surface area contributed by atoms with Crippen LogP contribution in [0.5, 0.6) is 5.75 Å². The zero-order chi connectivity index (χ0) is 20.5. The van der Waals surface area contributed by atoms with Gasteiger partial charge in [0, 0.05) is 24.9 Å². The average Bonchev–Trinajstić information content (AvgIpc) is 2.69. The minimum absolute atomic E-state index is 0.0107. The number of amides is 1. The highest BCUT2D eigenvalue weighted by Gasteiger charge is 2.32. The molecule has 1 saturated heterocycles. The van der Waals surface area contributed by atoms with Crippen LogP contribution in [0.25, 0.3) is 0 Å². The fraction of sp³-hybridized carbons (Fsp3) is 0.571. The molecule has 1 aliphatic heterocycles. The Morgan fingerprint density at radius 1 is 1.14 bits per heavy atom. The smallest absolute Gasteiger partial charge is 0.334 e. The average molecular weight is 391 g/mol. The van der Waals surface area contributed by atoms with Crippen molar-refractivity contribution in [3.8, 4) is 5.75 Å². The number of unbranched alkanes of at least 4 members (excludes halogenated alkanes) is 2. The Morgan fingerprint density at radius 3 is 2.50 bits per heavy atom. The van der Waals surface area contributed by atoms with E-state index in [0.717, 1.165) is 25.0 Å². The number of ether oxygens (including phenoxy) is 2. The third kappa shape index (κ3) is 6.64. The first-order chi connectivity index (χ1) is 13.4. The molecule has 7 heteroatoms. The molecule has 0 aliphatic carbocycles. The Labute approximate surface area is 165 Å². The number of carboxylic acid groups (broad SMARTS) is 1. The lowest BCUT2D eigenvalue weighted by Gasteiger charge is -2.35. The largest absolute Gasteiger partial charge is 0.494 e. The van der Waals surface area contributed by atoms with Crippen molar-refractivity contribution in [3.05, 3.63) is 29.8 Å². The first-order valence-corrected chi connectivity index (χ1v) is 9.82. The van der Waals surface area contributed by atoms with E-state index >= 15 is 0 Å². The molecule has 2 rings (SSSR count). The highest BCUT2D eigenvalue weighted by atomic mass is 16.5. The van der Waals surface area contributed by atoms with E-state index in [1.54, 1.807) is 31.2 Å². The minimum atomic E-state index is -1.09. The quantitative estimate of drug-likeness (QED) is 0.487. The Hall–Kier alpha value is -2.41. The maximum absolute atomic E-state index is 12.4. The van der Waals surface area contributed by atoms with E-state index in [1.807, 2.05) is 0 Å². The van der Waals surface area contributed by atoms with Crippen molar-refractivity contribution in [3.63, 3.8) is 0 Å². The van der Waals surface area contributed by atoms with Gasteiger partial charge in [0.15, 0.2) is 11.9 Å². The lowest BCUT2D eigenvalue weighted by Crippen LogP contribution is -2.51. The van der Waals surface area contributed by atoms with Crippen molar-refractivity contribution in [1.29, 1.82) is 0 Å². The molecule has 1 aromatic carbocycles. The summed E-state index contributed by atoms with van der Waals surface area (Å²) in [6.45, 7) is 4.87. The van der Waals surface area contributed by atoms with Crippen LogP contribution in [0.3, 0.4) is 0 Å². The molecule has 1 aromatic rings. The Kier molecular flexibility index (Phi) is 8.44. The lowest BCUT2D eigenvalue weighted by atomic mass is 10.1. The molecule has 0 aromatic heterocycles. The van der Waals surface area contributed by atoms with E-state index in [-0.39, 0.29) is 37.2 Å². The molecule has 0 spiro atoms. The van der Waals surface area contributed by atoms with Crippen LogP contribution in [0, 0.1) is 0 Å². The van der Waals surface area contributed by atoms with Crippen LogP contribution in [0.1, 0.15) is 56.3 Å². The second-order valence-corrected chi connectivity index (χ2v) is 7.08. The fourth-order valence-corrected chi connectivity index (χ4v) is 3.09. The normalized spacial score (nSPS) is 19.3. The molecule has 1 unspecified atom stereocenters. The number of rotatable bonds is 10. The fourth-order valence-electron chi connectivity index (χ4n) is 3.09. The number of hydrogen-bond donors (Lipinski definition) is 1. The van der Waals surface area contributed by atoms with E-state index in [4.69, 9.17) is 14.6 Å². The summed E-state index contributed by atoms with van der Waals surface area (Å²) in [5.41, 5.74) is 0.535. The van der Waals surface area contributed by atoms with Gasteiger partial charge in [-0.05, 0) is 37.6 Å². The van der Waals surface area contributed by atoms with Crippen LogP contribution in [0.2, 0.25) is 0 Å². The summed E-state index contributed by atoms with van der Waals surface area (Å²) in [5, 5.41) is 9.10. The number of ketones is 1. The molecule has 0 saturated carbocycles.